The molecule has 2 aliphatic rings. The Morgan fingerprint density at radius 2 is 2.33 bits per heavy atom. The topological polar surface area (TPSA) is 54.2 Å². The van der Waals surface area contributed by atoms with E-state index in [0.29, 0.717) is 0 Å². The van der Waals surface area contributed by atoms with Crippen LogP contribution < -0.4 is 0 Å². The molecule has 5 nitrogen and oxygen atoms in total. The van der Waals surface area contributed by atoms with Crippen LogP contribution in [0.2, 0.25) is 0 Å². The minimum absolute atomic E-state index is 0.264. The monoisotopic (exact) mass is 250 g/mol. The van der Waals surface area contributed by atoms with E-state index in [1.54, 1.807) is 6.20 Å². The van der Waals surface area contributed by atoms with Gasteiger partial charge in [-0.2, -0.15) is 0 Å². The molecule has 2 atom stereocenters. The van der Waals surface area contributed by atoms with Crippen molar-refractivity contribution in [1.82, 2.24) is 19.9 Å². The van der Waals surface area contributed by atoms with Crippen LogP contribution in [0.25, 0.3) is 0 Å². The van der Waals surface area contributed by atoms with Crippen molar-refractivity contribution in [3.63, 3.8) is 0 Å². The van der Waals surface area contributed by atoms with Crippen LogP contribution in [0.5, 0.6) is 0 Å². The fraction of sp³-hybridized carbons (Fsp3) is 0.846. The third-order valence-corrected chi connectivity index (χ3v) is 4.44. The minimum Gasteiger partial charge on any atom is -0.382 e. The molecule has 0 saturated carbocycles. The maximum absolute atomic E-state index is 11.1. The maximum atomic E-state index is 11.1. The van der Waals surface area contributed by atoms with Crippen LogP contribution in [0.4, 0.5) is 0 Å². The van der Waals surface area contributed by atoms with Gasteiger partial charge in [0.2, 0.25) is 0 Å². The predicted molar refractivity (Wildman–Crippen MR) is 68.0 cm³/mol. The molecule has 2 unspecified atom stereocenters. The summed E-state index contributed by atoms with van der Waals surface area (Å²) in [5.74, 6) is 0. The molecule has 0 aliphatic carbocycles. The van der Waals surface area contributed by atoms with Crippen LogP contribution in [0.15, 0.2) is 6.20 Å². The fourth-order valence-electron chi connectivity index (χ4n) is 3.55. The molecular weight excluding hydrogens is 228 g/mol. The van der Waals surface area contributed by atoms with Crippen molar-refractivity contribution in [1.29, 1.82) is 0 Å². The molecule has 0 spiro atoms. The summed E-state index contributed by atoms with van der Waals surface area (Å²) in [6, 6.07) is 0.264. The van der Waals surface area contributed by atoms with Crippen molar-refractivity contribution in [3.05, 3.63) is 11.9 Å². The quantitative estimate of drug-likeness (QED) is 0.874. The third kappa shape index (κ3) is 1.77. The fourth-order valence-corrected chi connectivity index (χ4v) is 3.55. The molecule has 0 amide bonds. The molecule has 0 bridgehead atoms. The van der Waals surface area contributed by atoms with Gasteiger partial charge in [-0.25, -0.2) is 4.68 Å². The Labute approximate surface area is 108 Å². The summed E-state index contributed by atoms with van der Waals surface area (Å²) < 4.78 is 1.89. The van der Waals surface area contributed by atoms with Crippen LogP contribution >= 0.6 is 0 Å². The van der Waals surface area contributed by atoms with Gasteiger partial charge in [0.15, 0.2) is 0 Å². The van der Waals surface area contributed by atoms with Gasteiger partial charge >= 0.3 is 0 Å². The smallest absolute Gasteiger partial charge is 0.124 e. The van der Waals surface area contributed by atoms with Crippen LogP contribution in [0.3, 0.4) is 0 Å². The second-order valence-corrected chi connectivity index (χ2v) is 5.56. The number of nitrogens with zero attached hydrogens (tertiary/aromatic N) is 4. The first-order valence-electron chi connectivity index (χ1n) is 7.11. The van der Waals surface area contributed by atoms with Crippen LogP contribution in [0, 0.1) is 0 Å². The maximum Gasteiger partial charge on any atom is 0.124 e. The summed E-state index contributed by atoms with van der Waals surface area (Å²) >= 11 is 0. The van der Waals surface area contributed by atoms with Gasteiger partial charge in [0.25, 0.3) is 0 Å². The highest BCUT2D eigenvalue weighted by atomic mass is 16.3. The van der Waals surface area contributed by atoms with Gasteiger partial charge < -0.3 is 5.11 Å². The summed E-state index contributed by atoms with van der Waals surface area (Å²) in [5.41, 5.74) is 0.178. The van der Waals surface area contributed by atoms with Gasteiger partial charge in [-0.1, -0.05) is 18.6 Å². The predicted octanol–water partition coefficient (Wildman–Crippen LogP) is 1.13. The van der Waals surface area contributed by atoms with Gasteiger partial charge in [-0.05, 0) is 32.2 Å². The lowest BCUT2D eigenvalue weighted by atomic mass is 9.86. The normalized spacial score (nSPS) is 32.7. The molecule has 1 aromatic heterocycles. The first-order valence-corrected chi connectivity index (χ1v) is 7.11. The molecule has 1 N–H and O–H groups in total. The van der Waals surface area contributed by atoms with Gasteiger partial charge in [0.1, 0.15) is 5.60 Å². The summed E-state index contributed by atoms with van der Waals surface area (Å²) in [6.07, 6.45) is 7.16. The zero-order valence-corrected chi connectivity index (χ0v) is 11.0. The number of hydrogen-bond acceptors (Lipinski definition) is 4. The third-order valence-electron chi connectivity index (χ3n) is 4.44. The molecule has 2 saturated heterocycles. The van der Waals surface area contributed by atoms with Gasteiger partial charge in [0, 0.05) is 19.1 Å². The zero-order valence-electron chi connectivity index (χ0n) is 11.0. The Balaban J connectivity index is 1.91. The second-order valence-electron chi connectivity index (χ2n) is 5.56. The summed E-state index contributed by atoms with van der Waals surface area (Å²) in [7, 11) is 0. The number of aromatic nitrogens is 3. The summed E-state index contributed by atoms with van der Waals surface area (Å²) in [5, 5.41) is 19.2. The largest absolute Gasteiger partial charge is 0.382 e. The Hall–Kier alpha value is -0.940. The molecular formula is C13H22N4O. The standard InChI is InChI=1S/C13H22N4O/c1-2-7-17-12(10-14-15-17)13(18)6-9-16-8-4-3-5-11(13)16/h10-11,18H,2-9H2,1H3. The van der Waals surface area contributed by atoms with E-state index in [9.17, 15) is 5.11 Å². The number of aliphatic hydroxyl groups is 1. The molecule has 3 rings (SSSR count). The summed E-state index contributed by atoms with van der Waals surface area (Å²) in [6.45, 7) is 5.09. The van der Waals surface area contributed by atoms with E-state index >= 15 is 0 Å². The number of aryl methyl sites for hydroxylation is 1. The van der Waals surface area contributed by atoms with Crippen LogP contribution in [-0.4, -0.2) is 44.1 Å². The SMILES string of the molecule is CCCn1nncc1C1(O)CCN2CCCCC21. The number of piperidine rings is 1. The second kappa shape index (κ2) is 4.63. The van der Waals surface area contributed by atoms with Crippen LogP contribution in [-0.2, 0) is 12.1 Å². The molecule has 5 heteroatoms. The van der Waals surface area contributed by atoms with Crippen molar-refractivity contribution >= 4 is 0 Å². The minimum atomic E-state index is -0.737. The number of rotatable bonds is 3. The van der Waals surface area contributed by atoms with Crippen molar-refractivity contribution in [2.75, 3.05) is 13.1 Å². The highest BCUT2D eigenvalue weighted by Crippen LogP contribution is 2.41. The lowest BCUT2D eigenvalue weighted by Crippen LogP contribution is -2.46. The number of hydrogen-bond donors (Lipinski definition) is 1. The van der Waals surface area contributed by atoms with E-state index < -0.39 is 5.60 Å². The summed E-state index contributed by atoms with van der Waals surface area (Å²) in [4.78, 5) is 2.44. The van der Waals surface area contributed by atoms with Gasteiger partial charge in [0.05, 0.1) is 11.9 Å². The Morgan fingerprint density at radius 1 is 1.44 bits per heavy atom. The molecule has 18 heavy (non-hydrogen) atoms. The first-order chi connectivity index (χ1) is 8.75. The van der Waals surface area contributed by atoms with Crippen molar-refractivity contribution in [2.45, 2.75) is 57.2 Å². The van der Waals surface area contributed by atoms with E-state index in [-0.39, 0.29) is 6.04 Å². The van der Waals surface area contributed by atoms with E-state index in [0.717, 1.165) is 44.6 Å². The van der Waals surface area contributed by atoms with Crippen LogP contribution in [0.1, 0.15) is 44.7 Å². The van der Waals surface area contributed by atoms with E-state index in [2.05, 4.69) is 22.1 Å². The lowest BCUT2D eigenvalue weighted by molar-refractivity contribution is -0.0208. The molecule has 2 fully saturated rings. The molecule has 1 aromatic rings. The Bertz CT molecular complexity index is 419. The first kappa shape index (κ1) is 12.1. The molecule has 3 heterocycles. The van der Waals surface area contributed by atoms with E-state index in [4.69, 9.17) is 0 Å². The molecule has 0 radical (unpaired) electrons. The van der Waals surface area contributed by atoms with Crippen molar-refractivity contribution in [3.8, 4) is 0 Å². The Morgan fingerprint density at radius 3 is 3.17 bits per heavy atom. The zero-order chi connectivity index (χ0) is 12.6. The molecule has 100 valence electrons. The van der Waals surface area contributed by atoms with E-state index in [1.807, 2.05) is 4.68 Å². The van der Waals surface area contributed by atoms with Gasteiger partial charge in [-0.15, -0.1) is 5.10 Å². The molecule has 2 aliphatic heterocycles. The highest BCUT2D eigenvalue weighted by molar-refractivity contribution is 5.17. The average Bonchev–Trinajstić information content (AvgIpc) is 2.97. The van der Waals surface area contributed by atoms with Crippen molar-refractivity contribution in [2.24, 2.45) is 0 Å². The average molecular weight is 250 g/mol. The molecule has 0 aromatic carbocycles. The van der Waals surface area contributed by atoms with Gasteiger partial charge in [-0.3, -0.25) is 4.90 Å². The van der Waals surface area contributed by atoms with E-state index in [1.165, 1.54) is 12.8 Å². The lowest BCUT2D eigenvalue weighted by Gasteiger charge is -2.37. The Kier molecular flexibility index (Phi) is 3.11. The number of fused-ring (bicyclic) bond motifs is 1. The highest BCUT2D eigenvalue weighted by Gasteiger charge is 2.49. The van der Waals surface area contributed by atoms with Crippen molar-refractivity contribution < 1.29 is 5.11 Å².